The standard InChI is InChI=1S/C9H18/c1-9(2,3)8-6-4-5-7-8/h8H,4-7H2,1-3H3/i4D. The van der Waals surface area contributed by atoms with Gasteiger partial charge in [-0.3, -0.25) is 0 Å². The van der Waals surface area contributed by atoms with Crippen LogP contribution in [-0.2, 0) is 0 Å². The predicted molar refractivity (Wildman–Crippen MR) is 41.4 cm³/mol. The first-order valence-electron chi connectivity index (χ1n) is 4.50. The second kappa shape index (κ2) is 2.32. The van der Waals surface area contributed by atoms with Gasteiger partial charge in [0.05, 0.1) is 0 Å². The lowest BCUT2D eigenvalue weighted by molar-refractivity contribution is 0.246. The lowest BCUT2D eigenvalue weighted by Gasteiger charge is -2.26. The van der Waals surface area contributed by atoms with Crippen LogP contribution in [0.2, 0.25) is 0 Å². The van der Waals surface area contributed by atoms with Crippen LogP contribution in [0.5, 0.6) is 0 Å². The summed E-state index contributed by atoms with van der Waals surface area (Å²) in [6, 6.07) is 0. The Morgan fingerprint density at radius 1 is 1.33 bits per heavy atom. The molecule has 0 N–H and O–H groups in total. The van der Waals surface area contributed by atoms with Crippen LogP contribution in [0.3, 0.4) is 0 Å². The summed E-state index contributed by atoms with van der Waals surface area (Å²) in [4.78, 5) is 0. The normalized spacial score (nSPS) is 38.8. The molecule has 0 nitrogen and oxygen atoms in total. The van der Waals surface area contributed by atoms with Crippen LogP contribution in [0.15, 0.2) is 0 Å². The highest BCUT2D eigenvalue weighted by atomic mass is 14.3. The summed E-state index contributed by atoms with van der Waals surface area (Å²) in [6.07, 6.45) is 3.77. The third-order valence-corrected chi connectivity index (χ3v) is 2.40. The minimum atomic E-state index is 0.240. The SMILES string of the molecule is [2H]C1CCC(C(C)(C)C)C1. The summed E-state index contributed by atoms with van der Waals surface area (Å²) >= 11 is 0. The zero-order valence-corrected chi connectivity index (χ0v) is 6.78. The van der Waals surface area contributed by atoms with E-state index in [0.717, 1.165) is 18.8 Å². The Hall–Kier alpha value is 0. The van der Waals surface area contributed by atoms with Gasteiger partial charge >= 0.3 is 0 Å². The molecule has 0 aromatic rings. The van der Waals surface area contributed by atoms with Crippen molar-refractivity contribution in [3.8, 4) is 0 Å². The molecule has 1 aliphatic carbocycles. The molecule has 0 heteroatoms. The number of hydrogen-bond donors (Lipinski definition) is 0. The highest BCUT2D eigenvalue weighted by molar-refractivity contribution is 4.78. The van der Waals surface area contributed by atoms with Gasteiger partial charge in [-0.1, -0.05) is 33.6 Å². The molecule has 0 aliphatic heterocycles. The third-order valence-electron chi connectivity index (χ3n) is 2.40. The molecule has 0 aromatic heterocycles. The zero-order chi connectivity index (χ0) is 7.78. The van der Waals surface area contributed by atoms with Crippen LogP contribution < -0.4 is 0 Å². The number of rotatable bonds is 0. The number of hydrogen-bond acceptors (Lipinski definition) is 0. The van der Waals surface area contributed by atoms with Crippen molar-refractivity contribution in [3.63, 3.8) is 0 Å². The molecular weight excluding hydrogens is 108 g/mol. The van der Waals surface area contributed by atoms with E-state index in [0.29, 0.717) is 5.41 Å². The average molecular weight is 127 g/mol. The van der Waals surface area contributed by atoms with Gasteiger partial charge in [0.15, 0.2) is 0 Å². The monoisotopic (exact) mass is 127 g/mol. The summed E-state index contributed by atoms with van der Waals surface area (Å²) in [6.45, 7) is 6.86. The van der Waals surface area contributed by atoms with Gasteiger partial charge in [0.2, 0.25) is 0 Å². The predicted octanol–water partition coefficient (Wildman–Crippen LogP) is 3.22. The van der Waals surface area contributed by atoms with E-state index in [4.69, 9.17) is 1.37 Å². The topological polar surface area (TPSA) is 0 Å². The molecular formula is C9H18. The van der Waals surface area contributed by atoms with Crippen LogP contribution in [0, 0.1) is 11.3 Å². The summed E-state index contributed by atoms with van der Waals surface area (Å²) in [5.74, 6) is 0.801. The maximum absolute atomic E-state index is 7.54. The van der Waals surface area contributed by atoms with E-state index < -0.39 is 0 Å². The summed E-state index contributed by atoms with van der Waals surface area (Å²) in [5, 5.41) is 0. The van der Waals surface area contributed by atoms with Crippen molar-refractivity contribution in [3.05, 3.63) is 0 Å². The van der Waals surface area contributed by atoms with E-state index >= 15 is 0 Å². The van der Waals surface area contributed by atoms with Crippen molar-refractivity contribution in [2.75, 3.05) is 0 Å². The second-order valence-electron chi connectivity index (χ2n) is 4.16. The molecule has 0 saturated heterocycles. The van der Waals surface area contributed by atoms with E-state index in [-0.39, 0.29) is 6.40 Å². The minimum Gasteiger partial charge on any atom is -0.0599 e. The Morgan fingerprint density at radius 3 is 2.22 bits per heavy atom. The van der Waals surface area contributed by atoms with Crippen LogP contribution in [0.1, 0.15) is 47.8 Å². The van der Waals surface area contributed by atoms with E-state index in [9.17, 15) is 0 Å². The lowest BCUT2D eigenvalue weighted by Crippen LogP contribution is -2.16. The molecule has 1 aliphatic rings. The van der Waals surface area contributed by atoms with Crippen molar-refractivity contribution < 1.29 is 1.37 Å². The van der Waals surface area contributed by atoms with Crippen molar-refractivity contribution >= 4 is 0 Å². The van der Waals surface area contributed by atoms with Gasteiger partial charge in [0, 0.05) is 1.37 Å². The maximum atomic E-state index is 7.54. The highest BCUT2D eigenvalue weighted by Gasteiger charge is 2.26. The first-order chi connectivity index (χ1) is 4.50. The van der Waals surface area contributed by atoms with E-state index in [1.165, 1.54) is 6.42 Å². The smallest absolute Gasteiger partial charge is 0.0267 e. The van der Waals surface area contributed by atoms with Crippen LogP contribution in [0.25, 0.3) is 0 Å². The Labute approximate surface area is 60.1 Å². The maximum Gasteiger partial charge on any atom is 0.0267 e. The summed E-state index contributed by atoms with van der Waals surface area (Å²) in [5.41, 5.74) is 0.440. The Kier molecular flexibility index (Phi) is 1.48. The van der Waals surface area contributed by atoms with Crippen LogP contribution in [-0.4, -0.2) is 0 Å². The van der Waals surface area contributed by atoms with Crippen molar-refractivity contribution in [2.24, 2.45) is 11.3 Å². The van der Waals surface area contributed by atoms with E-state index in [1.807, 2.05) is 0 Å². The Balaban J connectivity index is 2.45. The average Bonchev–Trinajstić information content (AvgIpc) is 2.11. The first kappa shape index (κ1) is 5.76. The molecule has 1 rings (SSSR count). The lowest BCUT2D eigenvalue weighted by atomic mass is 9.80. The van der Waals surface area contributed by atoms with Crippen LogP contribution >= 0.6 is 0 Å². The zero-order valence-electron chi connectivity index (χ0n) is 7.78. The van der Waals surface area contributed by atoms with Crippen LogP contribution in [0.4, 0.5) is 0 Å². The van der Waals surface area contributed by atoms with Gasteiger partial charge < -0.3 is 0 Å². The highest BCUT2D eigenvalue weighted by Crippen LogP contribution is 2.38. The van der Waals surface area contributed by atoms with Crippen molar-refractivity contribution in [1.82, 2.24) is 0 Å². The fourth-order valence-corrected chi connectivity index (χ4v) is 1.54. The second-order valence-corrected chi connectivity index (χ2v) is 4.16. The molecule has 9 heavy (non-hydrogen) atoms. The van der Waals surface area contributed by atoms with Gasteiger partial charge in [-0.15, -0.1) is 0 Å². The van der Waals surface area contributed by atoms with Gasteiger partial charge in [0.25, 0.3) is 0 Å². The summed E-state index contributed by atoms with van der Waals surface area (Å²) in [7, 11) is 0. The molecule has 2 atom stereocenters. The van der Waals surface area contributed by atoms with Gasteiger partial charge in [-0.25, -0.2) is 0 Å². The summed E-state index contributed by atoms with van der Waals surface area (Å²) < 4.78 is 7.54. The van der Waals surface area contributed by atoms with E-state index in [2.05, 4.69) is 20.8 Å². The van der Waals surface area contributed by atoms with E-state index in [1.54, 1.807) is 0 Å². The fraction of sp³-hybridized carbons (Fsp3) is 1.00. The Bertz CT molecular complexity index is 112. The molecule has 1 saturated carbocycles. The molecule has 0 bridgehead atoms. The third kappa shape index (κ3) is 1.70. The first-order valence-corrected chi connectivity index (χ1v) is 3.92. The minimum absolute atomic E-state index is 0.240. The molecule has 0 heterocycles. The van der Waals surface area contributed by atoms with Crippen molar-refractivity contribution in [1.29, 1.82) is 0 Å². The van der Waals surface area contributed by atoms with Crippen molar-refractivity contribution in [2.45, 2.75) is 46.4 Å². The molecule has 0 aromatic carbocycles. The molecule has 2 unspecified atom stereocenters. The van der Waals surface area contributed by atoms with Gasteiger partial charge in [-0.05, 0) is 24.2 Å². The Morgan fingerprint density at radius 2 is 2.00 bits per heavy atom. The van der Waals surface area contributed by atoms with Gasteiger partial charge in [0.1, 0.15) is 0 Å². The molecule has 1 fully saturated rings. The quantitative estimate of drug-likeness (QED) is 0.468. The largest absolute Gasteiger partial charge is 0.0599 e. The van der Waals surface area contributed by atoms with Gasteiger partial charge in [-0.2, -0.15) is 0 Å². The molecule has 54 valence electrons. The molecule has 0 radical (unpaired) electrons. The fourth-order valence-electron chi connectivity index (χ4n) is 1.54. The molecule has 0 amide bonds. The molecule has 0 spiro atoms.